The monoisotopic (exact) mass is 386 g/mol. The van der Waals surface area contributed by atoms with Crippen LogP contribution in [0.15, 0.2) is 72.3 Å². The van der Waals surface area contributed by atoms with Crippen molar-refractivity contribution < 1.29 is 0 Å². The lowest BCUT2D eigenvalue weighted by molar-refractivity contribution is 0.644. The minimum atomic E-state index is 0.0251. The van der Waals surface area contributed by atoms with E-state index in [9.17, 15) is 0 Å². The molecule has 0 bridgehead atoms. The van der Waals surface area contributed by atoms with Gasteiger partial charge in [0.15, 0.2) is 0 Å². The highest BCUT2D eigenvalue weighted by molar-refractivity contribution is 5.67. The normalized spacial score (nSPS) is 17.0. The van der Waals surface area contributed by atoms with Crippen molar-refractivity contribution in [2.75, 3.05) is 9.80 Å². The summed E-state index contributed by atoms with van der Waals surface area (Å²) in [5, 5.41) is 0. The quantitative estimate of drug-likeness (QED) is 0.554. The summed E-state index contributed by atoms with van der Waals surface area (Å²) in [5.41, 5.74) is 7.74. The molecule has 2 aromatic carbocycles. The average molecular weight is 387 g/mol. The third-order valence-corrected chi connectivity index (χ3v) is 5.87. The van der Waals surface area contributed by atoms with Crippen LogP contribution in [0.3, 0.4) is 0 Å². The number of imidazole rings is 1. The maximum atomic E-state index is 4.73. The van der Waals surface area contributed by atoms with Gasteiger partial charge < -0.3 is 9.47 Å². The van der Waals surface area contributed by atoms with Crippen molar-refractivity contribution >= 4 is 11.6 Å². The van der Waals surface area contributed by atoms with Crippen molar-refractivity contribution in [2.24, 2.45) is 13.0 Å². The fourth-order valence-corrected chi connectivity index (χ4v) is 4.64. The van der Waals surface area contributed by atoms with E-state index < -0.39 is 0 Å². The molecule has 0 radical (unpaired) electrons. The first-order valence-corrected chi connectivity index (χ1v) is 10.3. The Bertz CT molecular complexity index is 1030. The summed E-state index contributed by atoms with van der Waals surface area (Å²) in [6.45, 7) is 11.2. The first kappa shape index (κ1) is 19.3. The molecule has 0 aliphatic carbocycles. The molecule has 3 aromatic rings. The second-order valence-corrected chi connectivity index (χ2v) is 8.22. The van der Waals surface area contributed by atoms with Gasteiger partial charge in [-0.2, -0.15) is 0 Å². The molecule has 0 saturated heterocycles. The molecule has 4 nitrogen and oxygen atoms in total. The van der Waals surface area contributed by atoms with E-state index in [1.165, 1.54) is 33.8 Å². The number of aryl methyl sites for hydroxylation is 3. The number of benzene rings is 2. The van der Waals surface area contributed by atoms with Gasteiger partial charge in [-0.3, -0.25) is 4.90 Å². The largest absolute Gasteiger partial charge is 0.320 e. The van der Waals surface area contributed by atoms with Crippen LogP contribution in [0.2, 0.25) is 0 Å². The highest BCUT2D eigenvalue weighted by Gasteiger charge is 2.42. The van der Waals surface area contributed by atoms with Crippen molar-refractivity contribution in [3.05, 3.63) is 89.0 Å². The summed E-state index contributed by atoms with van der Waals surface area (Å²) >= 11 is 0. The predicted molar refractivity (Wildman–Crippen MR) is 121 cm³/mol. The highest BCUT2D eigenvalue weighted by atomic mass is 15.5. The van der Waals surface area contributed by atoms with Crippen LogP contribution < -0.4 is 9.80 Å². The van der Waals surface area contributed by atoms with Crippen molar-refractivity contribution in [3.63, 3.8) is 0 Å². The minimum Gasteiger partial charge on any atom is -0.320 e. The molecule has 1 aliphatic heterocycles. The van der Waals surface area contributed by atoms with E-state index in [4.69, 9.17) is 4.98 Å². The van der Waals surface area contributed by atoms with Gasteiger partial charge in [0.2, 0.25) is 5.95 Å². The van der Waals surface area contributed by atoms with Crippen LogP contribution in [-0.4, -0.2) is 9.55 Å². The number of hydrogen-bond donors (Lipinski definition) is 0. The van der Waals surface area contributed by atoms with Crippen molar-refractivity contribution in [3.8, 4) is 0 Å². The molecule has 4 rings (SSSR count). The molecular formula is C25H30N4. The van der Waals surface area contributed by atoms with Crippen LogP contribution >= 0.6 is 0 Å². The summed E-state index contributed by atoms with van der Waals surface area (Å²) in [6, 6.07) is 17.3. The number of hydrogen-bond acceptors (Lipinski definition) is 3. The van der Waals surface area contributed by atoms with Gasteiger partial charge in [-0.15, -0.1) is 0 Å². The molecule has 0 N–H and O–H groups in total. The minimum absolute atomic E-state index is 0.0251. The topological polar surface area (TPSA) is 24.3 Å². The standard InChI is InChI=1S/C25H30N4/c1-17(2)23-20(5)28(25-26-15-16-27(25)6)24(22-18(3)11-10-12-19(22)4)29(23)21-13-8-7-9-14-21/h7-17,24H,1-6H3. The van der Waals surface area contributed by atoms with E-state index in [1.807, 2.05) is 12.4 Å². The molecule has 1 aliphatic rings. The summed E-state index contributed by atoms with van der Waals surface area (Å²) < 4.78 is 2.11. The Labute approximate surface area is 174 Å². The van der Waals surface area contributed by atoms with Gasteiger partial charge in [0.25, 0.3) is 0 Å². The molecule has 0 saturated carbocycles. The van der Waals surface area contributed by atoms with Gasteiger partial charge >= 0.3 is 0 Å². The van der Waals surface area contributed by atoms with Gasteiger partial charge in [-0.1, -0.05) is 50.2 Å². The number of rotatable bonds is 4. The third kappa shape index (κ3) is 3.13. The van der Waals surface area contributed by atoms with Gasteiger partial charge in [-0.05, 0) is 49.9 Å². The van der Waals surface area contributed by atoms with Crippen LogP contribution in [0.1, 0.15) is 43.6 Å². The molecule has 0 fully saturated rings. The summed E-state index contributed by atoms with van der Waals surface area (Å²) in [7, 11) is 2.07. The molecule has 29 heavy (non-hydrogen) atoms. The van der Waals surface area contributed by atoms with E-state index in [-0.39, 0.29) is 6.17 Å². The molecule has 1 unspecified atom stereocenters. The Kier molecular flexibility index (Phi) is 4.95. The van der Waals surface area contributed by atoms with Crippen LogP contribution in [0.4, 0.5) is 11.6 Å². The number of aromatic nitrogens is 2. The molecule has 150 valence electrons. The fraction of sp³-hybridized carbons (Fsp3) is 0.320. The zero-order chi connectivity index (χ0) is 20.7. The zero-order valence-corrected chi connectivity index (χ0v) is 18.2. The van der Waals surface area contributed by atoms with Gasteiger partial charge in [0.1, 0.15) is 6.17 Å². The Morgan fingerprint density at radius 2 is 1.52 bits per heavy atom. The van der Waals surface area contributed by atoms with Gasteiger partial charge in [-0.25, -0.2) is 4.98 Å². The maximum Gasteiger partial charge on any atom is 0.211 e. The van der Waals surface area contributed by atoms with E-state index >= 15 is 0 Å². The number of allylic oxidation sites excluding steroid dienone is 2. The Morgan fingerprint density at radius 3 is 2.07 bits per heavy atom. The van der Waals surface area contributed by atoms with Crippen LogP contribution in [-0.2, 0) is 7.05 Å². The zero-order valence-electron chi connectivity index (χ0n) is 18.2. The molecule has 0 spiro atoms. The maximum absolute atomic E-state index is 4.73. The van der Waals surface area contributed by atoms with Gasteiger partial charge in [0, 0.05) is 42.1 Å². The lowest BCUT2D eigenvalue weighted by Gasteiger charge is -2.37. The summed E-state index contributed by atoms with van der Waals surface area (Å²) in [4.78, 5) is 9.64. The van der Waals surface area contributed by atoms with Crippen LogP contribution in [0.25, 0.3) is 0 Å². The smallest absolute Gasteiger partial charge is 0.211 e. The van der Waals surface area contributed by atoms with Gasteiger partial charge in [0.05, 0.1) is 0 Å². The number of anilines is 2. The Balaban J connectivity index is 2.02. The molecule has 2 heterocycles. The second-order valence-electron chi connectivity index (χ2n) is 8.22. The predicted octanol–water partition coefficient (Wildman–Crippen LogP) is 5.95. The van der Waals surface area contributed by atoms with E-state index in [1.54, 1.807) is 0 Å². The molecule has 0 amide bonds. The molecule has 4 heteroatoms. The SMILES string of the molecule is CC1=C(C(C)C)N(c2ccccc2)C(c2c(C)cccc2C)N1c1nccn1C. The van der Waals surface area contributed by atoms with Crippen LogP contribution in [0, 0.1) is 19.8 Å². The number of nitrogens with zero attached hydrogens (tertiary/aromatic N) is 4. The molecule has 1 atom stereocenters. The third-order valence-electron chi connectivity index (χ3n) is 5.87. The van der Waals surface area contributed by atoms with Crippen molar-refractivity contribution in [2.45, 2.75) is 40.8 Å². The van der Waals surface area contributed by atoms with Crippen molar-refractivity contribution in [1.82, 2.24) is 9.55 Å². The van der Waals surface area contributed by atoms with E-state index in [0.717, 1.165) is 5.95 Å². The average Bonchev–Trinajstić information content (AvgIpc) is 3.23. The fourth-order valence-electron chi connectivity index (χ4n) is 4.64. The Hall–Kier alpha value is -3.01. The highest BCUT2D eigenvalue weighted by Crippen LogP contribution is 2.47. The first-order chi connectivity index (χ1) is 13.9. The van der Waals surface area contributed by atoms with E-state index in [2.05, 4.69) is 105 Å². The van der Waals surface area contributed by atoms with E-state index in [0.29, 0.717) is 5.92 Å². The van der Waals surface area contributed by atoms with Crippen LogP contribution in [0.5, 0.6) is 0 Å². The first-order valence-electron chi connectivity index (χ1n) is 10.3. The van der Waals surface area contributed by atoms with Crippen molar-refractivity contribution in [1.29, 1.82) is 0 Å². The second kappa shape index (κ2) is 7.43. The Morgan fingerprint density at radius 1 is 0.862 bits per heavy atom. The lowest BCUT2D eigenvalue weighted by atomic mass is 9.98. The lowest BCUT2D eigenvalue weighted by Crippen LogP contribution is -2.35. The molecular weight excluding hydrogens is 356 g/mol. The summed E-state index contributed by atoms with van der Waals surface area (Å²) in [5.74, 6) is 1.35. The summed E-state index contributed by atoms with van der Waals surface area (Å²) in [6.07, 6.45) is 3.92. The molecule has 1 aromatic heterocycles. The number of para-hydroxylation sites is 1.